The van der Waals surface area contributed by atoms with Crippen LogP contribution in [0.1, 0.15) is 48.0 Å². The molecular weight excluding hydrogens is 248 g/mol. The van der Waals surface area contributed by atoms with Gasteiger partial charge in [0.05, 0.1) is 11.5 Å². The fraction of sp³-hybridized carbons (Fsp3) is 0.857. The molecule has 19 heavy (non-hydrogen) atoms. The molecule has 0 fully saturated rings. The molecule has 2 N–H and O–H groups in total. The van der Waals surface area contributed by atoms with Crippen molar-refractivity contribution < 1.29 is 24.5 Å². The van der Waals surface area contributed by atoms with Gasteiger partial charge >= 0.3 is 11.9 Å². The van der Waals surface area contributed by atoms with Gasteiger partial charge in [-0.3, -0.25) is 4.79 Å². The summed E-state index contributed by atoms with van der Waals surface area (Å²) in [7, 11) is 0. The summed E-state index contributed by atoms with van der Waals surface area (Å²) in [6.45, 7) is 10.3. The zero-order valence-corrected chi connectivity index (χ0v) is 12.6. The van der Waals surface area contributed by atoms with E-state index in [1.165, 1.54) is 13.8 Å². The Balaban J connectivity index is 5.14. The summed E-state index contributed by atoms with van der Waals surface area (Å²) in [5.74, 6) is -2.30. The Morgan fingerprint density at radius 1 is 1.16 bits per heavy atom. The van der Waals surface area contributed by atoms with Gasteiger partial charge in [-0.05, 0) is 40.0 Å². The second-order valence-corrected chi connectivity index (χ2v) is 6.19. The average Bonchev–Trinajstić information content (AvgIpc) is 2.23. The molecule has 0 aromatic rings. The largest absolute Gasteiger partial charge is 0.481 e. The molecule has 5 heteroatoms. The first-order chi connectivity index (χ1) is 8.50. The fourth-order valence-electron chi connectivity index (χ4n) is 1.95. The molecule has 0 radical (unpaired) electrons. The highest BCUT2D eigenvalue weighted by Gasteiger charge is 2.44. The number of carbonyl (C=O) groups is 2. The molecule has 0 aliphatic heterocycles. The minimum Gasteiger partial charge on any atom is -0.481 e. The smallest absolute Gasteiger partial charge is 0.335 e. The maximum atomic E-state index is 11.8. The summed E-state index contributed by atoms with van der Waals surface area (Å²) in [4.78, 5) is 23.1. The van der Waals surface area contributed by atoms with Crippen LogP contribution in [0.25, 0.3) is 0 Å². The summed E-state index contributed by atoms with van der Waals surface area (Å²) in [6.07, 6.45) is -1.32. The van der Waals surface area contributed by atoms with Crippen molar-refractivity contribution in [2.75, 3.05) is 0 Å². The molecule has 0 aliphatic rings. The van der Waals surface area contributed by atoms with Crippen LogP contribution in [0.15, 0.2) is 0 Å². The van der Waals surface area contributed by atoms with Gasteiger partial charge in [0.1, 0.15) is 0 Å². The van der Waals surface area contributed by atoms with E-state index in [-0.39, 0.29) is 12.0 Å². The number of rotatable bonds is 7. The molecule has 0 heterocycles. The van der Waals surface area contributed by atoms with Gasteiger partial charge in [-0.1, -0.05) is 13.8 Å². The first-order valence-electron chi connectivity index (χ1n) is 6.62. The molecule has 0 aromatic carbocycles. The highest BCUT2D eigenvalue weighted by molar-refractivity contribution is 5.79. The van der Waals surface area contributed by atoms with Gasteiger partial charge in [-0.25, -0.2) is 4.79 Å². The van der Waals surface area contributed by atoms with E-state index in [1.54, 1.807) is 13.8 Å². The number of aliphatic carboxylic acids is 1. The SMILES string of the molecule is CC(C)C[C@@H]([C@H](O)C(=O)OC(C)C)C(C)(C)C(=O)O. The van der Waals surface area contributed by atoms with Crippen molar-refractivity contribution in [3.63, 3.8) is 0 Å². The van der Waals surface area contributed by atoms with E-state index in [2.05, 4.69) is 0 Å². The molecule has 0 saturated carbocycles. The fourth-order valence-corrected chi connectivity index (χ4v) is 1.95. The third kappa shape index (κ3) is 5.19. The Hall–Kier alpha value is -1.10. The van der Waals surface area contributed by atoms with Crippen LogP contribution in [0.3, 0.4) is 0 Å². The van der Waals surface area contributed by atoms with Gasteiger partial charge in [0.2, 0.25) is 0 Å². The van der Waals surface area contributed by atoms with Gasteiger partial charge in [0.25, 0.3) is 0 Å². The molecular formula is C14H26O5. The van der Waals surface area contributed by atoms with Crippen LogP contribution in [0.2, 0.25) is 0 Å². The predicted molar refractivity (Wildman–Crippen MR) is 71.6 cm³/mol. The van der Waals surface area contributed by atoms with Crippen molar-refractivity contribution in [2.24, 2.45) is 17.3 Å². The van der Waals surface area contributed by atoms with Crippen molar-refractivity contribution >= 4 is 11.9 Å². The molecule has 0 rings (SSSR count). The molecule has 112 valence electrons. The lowest BCUT2D eigenvalue weighted by molar-refractivity contribution is -0.168. The summed E-state index contributed by atoms with van der Waals surface area (Å²) in [5, 5.41) is 19.4. The lowest BCUT2D eigenvalue weighted by Crippen LogP contribution is -2.45. The maximum absolute atomic E-state index is 11.8. The minimum absolute atomic E-state index is 0.171. The predicted octanol–water partition coefficient (Wildman–Crippen LogP) is 2.07. The van der Waals surface area contributed by atoms with Gasteiger partial charge in [0, 0.05) is 5.92 Å². The summed E-state index contributed by atoms with van der Waals surface area (Å²) in [5.41, 5.74) is -1.19. The van der Waals surface area contributed by atoms with Crippen LogP contribution in [0, 0.1) is 17.3 Å². The normalized spacial score (nSPS) is 15.4. The van der Waals surface area contributed by atoms with E-state index in [0.717, 1.165) is 0 Å². The third-order valence-electron chi connectivity index (χ3n) is 3.18. The van der Waals surface area contributed by atoms with Crippen molar-refractivity contribution in [2.45, 2.75) is 60.2 Å². The van der Waals surface area contributed by atoms with Crippen LogP contribution < -0.4 is 0 Å². The van der Waals surface area contributed by atoms with Crippen LogP contribution in [-0.2, 0) is 14.3 Å². The molecule has 0 aromatic heterocycles. The first kappa shape index (κ1) is 17.9. The number of carboxylic acid groups (broad SMARTS) is 1. The zero-order valence-electron chi connectivity index (χ0n) is 12.6. The lowest BCUT2D eigenvalue weighted by Gasteiger charge is -2.34. The molecule has 0 saturated heterocycles. The number of hydrogen-bond donors (Lipinski definition) is 2. The van der Waals surface area contributed by atoms with E-state index in [0.29, 0.717) is 6.42 Å². The standard InChI is InChI=1S/C14H26O5/c1-8(2)7-10(14(5,6)13(17)18)11(15)12(16)19-9(3)4/h8-11,15H,7H2,1-6H3,(H,17,18)/t10-,11-/m0/s1. The number of hydrogen-bond acceptors (Lipinski definition) is 4. The maximum Gasteiger partial charge on any atom is 0.335 e. The number of carboxylic acids is 1. The Morgan fingerprint density at radius 3 is 1.95 bits per heavy atom. The van der Waals surface area contributed by atoms with Crippen molar-refractivity contribution in [3.8, 4) is 0 Å². The highest BCUT2D eigenvalue weighted by Crippen LogP contribution is 2.35. The van der Waals surface area contributed by atoms with Crippen molar-refractivity contribution in [3.05, 3.63) is 0 Å². The van der Waals surface area contributed by atoms with Crippen molar-refractivity contribution in [1.29, 1.82) is 0 Å². The number of ether oxygens (including phenoxy) is 1. The summed E-state index contributed by atoms with van der Waals surface area (Å²) < 4.78 is 4.97. The van der Waals surface area contributed by atoms with E-state index in [9.17, 15) is 19.8 Å². The zero-order chi connectivity index (χ0) is 15.4. The molecule has 0 unspecified atom stereocenters. The summed E-state index contributed by atoms with van der Waals surface area (Å²) >= 11 is 0. The molecule has 0 bridgehead atoms. The Morgan fingerprint density at radius 2 is 1.63 bits per heavy atom. The number of aliphatic hydroxyl groups excluding tert-OH is 1. The topological polar surface area (TPSA) is 83.8 Å². The van der Waals surface area contributed by atoms with Crippen LogP contribution in [0.4, 0.5) is 0 Å². The Labute approximate surface area is 115 Å². The van der Waals surface area contributed by atoms with E-state index < -0.39 is 29.4 Å². The monoisotopic (exact) mass is 274 g/mol. The van der Waals surface area contributed by atoms with Gasteiger partial charge in [-0.2, -0.15) is 0 Å². The van der Waals surface area contributed by atoms with Crippen LogP contribution in [-0.4, -0.2) is 34.4 Å². The second kappa shape index (κ2) is 6.89. The molecule has 0 amide bonds. The number of esters is 1. The average molecular weight is 274 g/mol. The molecule has 2 atom stereocenters. The number of aliphatic hydroxyl groups is 1. The molecule has 0 aliphatic carbocycles. The van der Waals surface area contributed by atoms with E-state index >= 15 is 0 Å². The van der Waals surface area contributed by atoms with Crippen LogP contribution >= 0.6 is 0 Å². The molecule has 5 nitrogen and oxygen atoms in total. The van der Waals surface area contributed by atoms with Gasteiger partial charge < -0.3 is 14.9 Å². The number of carbonyl (C=O) groups excluding carboxylic acids is 1. The quantitative estimate of drug-likeness (QED) is 0.694. The minimum atomic E-state index is -1.42. The molecule has 0 spiro atoms. The first-order valence-corrected chi connectivity index (χ1v) is 6.62. The third-order valence-corrected chi connectivity index (χ3v) is 3.18. The Bertz CT molecular complexity index is 320. The van der Waals surface area contributed by atoms with Crippen LogP contribution in [0.5, 0.6) is 0 Å². The highest BCUT2D eigenvalue weighted by atomic mass is 16.6. The van der Waals surface area contributed by atoms with E-state index in [1.807, 2.05) is 13.8 Å². The second-order valence-electron chi connectivity index (χ2n) is 6.19. The Kier molecular flexibility index (Phi) is 6.49. The summed E-state index contributed by atoms with van der Waals surface area (Å²) in [6, 6.07) is 0. The van der Waals surface area contributed by atoms with Gasteiger partial charge in [-0.15, -0.1) is 0 Å². The lowest BCUT2D eigenvalue weighted by atomic mass is 9.72. The van der Waals surface area contributed by atoms with Crippen molar-refractivity contribution in [1.82, 2.24) is 0 Å². The van der Waals surface area contributed by atoms with E-state index in [4.69, 9.17) is 4.74 Å². The van der Waals surface area contributed by atoms with Gasteiger partial charge in [0.15, 0.2) is 6.10 Å².